The first-order valence-electron chi connectivity index (χ1n) is 8.98. The molecule has 0 aliphatic rings. The molecule has 2 heteroatoms. The van der Waals surface area contributed by atoms with Crippen LogP contribution in [0.15, 0.2) is 115 Å². The number of hydrogen-bond donors (Lipinski definition) is 0. The maximum atomic E-state index is 2.45. The van der Waals surface area contributed by atoms with Crippen molar-refractivity contribution in [2.24, 2.45) is 0 Å². The van der Waals surface area contributed by atoms with Gasteiger partial charge in [0.15, 0.2) is 0 Å². The predicted octanol–water partition coefficient (Wildman–Crippen LogP) is 3.62. The molecule has 1 aromatic heterocycles. The normalized spacial score (nSPS) is 11.9. The SMILES string of the molecule is C[PH](c1ccccc1)(c1ccccc1)c1cccc[n+]1-c1ccccc1. The molecule has 0 aliphatic heterocycles. The van der Waals surface area contributed by atoms with Gasteiger partial charge in [0.2, 0.25) is 0 Å². The molecule has 0 aliphatic carbocycles. The van der Waals surface area contributed by atoms with Gasteiger partial charge in [-0.1, -0.05) is 0 Å². The molecule has 0 bridgehead atoms. The zero-order valence-corrected chi connectivity index (χ0v) is 15.9. The van der Waals surface area contributed by atoms with Crippen LogP contribution in [-0.2, 0) is 0 Å². The monoisotopic (exact) mass is 356 g/mol. The molecule has 128 valence electrons. The predicted molar refractivity (Wildman–Crippen MR) is 114 cm³/mol. The average Bonchev–Trinajstić information content (AvgIpc) is 2.75. The summed E-state index contributed by atoms with van der Waals surface area (Å²) in [5.74, 6) is 0. The molecule has 0 N–H and O–H groups in total. The molecule has 3 aromatic carbocycles. The van der Waals surface area contributed by atoms with Crippen molar-refractivity contribution in [2.75, 3.05) is 6.66 Å². The van der Waals surface area contributed by atoms with Crippen molar-refractivity contribution in [2.45, 2.75) is 0 Å². The average molecular weight is 356 g/mol. The Labute approximate surface area is 155 Å². The van der Waals surface area contributed by atoms with Crippen molar-refractivity contribution in [3.8, 4) is 5.69 Å². The van der Waals surface area contributed by atoms with E-state index in [0.717, 1.165) is 0 Å². The van der Waals surface area contributed by atoms with Gasteiger partial charge in [0, 0.05) is 0 Å². The molecule has 0 unspecified atom stereocenters. The van der Waals surface area contributed by atoms with Crippen LogP contribution in [0.3, 0.4) is 0 Å². The quantitative estimate of drug-likeness (QED) is 0.388. The number of pyridine rings is 1. The molecule has 4 rings (SSSR count). The first-order chi connectivity index (χ1) is 12.8. The molecule has 0 amide bonds. The number of aromatic nitrogens is 1. The Bertz CT molecular complexity index is 943. The maximum absolute atomic E-state index is 2.45. The third-order valence-corrected chi connectivity index (χ3v) is 9.52. The number of para-hydroxylation sites is 1. The van der Waals surface area contributed by atoms with Gasteiger partial charge >= 0.3 is 156 Å². The number of benzene rings is 3. The topological polar surface area (TPSA) is 3.88 Å². The summed E-state index contributed by atoms with van der Waals surface area (Å²) in [6, 6.07) is 39.1. The van der Waals surface area contributed by atoms with E-state index in [1.807, 2.05) is 0 Å². The molecule has 1 heterocycles. The van der Waals surface area contributed by atoms with Crippen LogP contribution in [0.5, 0.6) is 0 Å². The second kappa shape index (κ2) is 7.23. The van der Waals surface area contributed by atoms with Crippen LogP contribution in [0.2, 0.25) is 0 Å². The second-order valence-electron chi connectivity index (χ2n) is 6.65. The minimum atomic E-state index is -2.14. The fraction of sp³-hybridized carbons (Fsp3) is 0.0417. The minimum absolute atomic E-state index is 1.20. The molecule has 0 saturated heterocycles. The molecule has 0 atom stereocenters. The number of hydrogen-bond acceptors (Lipinski definition) is 0. The van der Waals surface area contributed by atoms with Crippen LogP contribution in [0.25, 0.3) is 5.69 Å². The molecule has 26 heavy (non-hydrogen) atoms. The van der Waals surface area contributed by atoms with Gasteiger partial charge < -0.3 is 0 Å². The van der Waals surface area contributed by atoms with Crippen molar-refractivity contribution < 1.29 is 4.57 Å². The van der Waals surface area contributed by atoms with Gasteiger partial charge in [-0.2, -0.15) is 0 Å². The van der Waals surface area contributed by atoms with Gasteiger partial charge in [0.05, 0.1) is 0 Å². The fourth-order valence-electron chi connectivity index (χ4n) is 3.67. The zero-order chi connectivity index (χ0) is 17.8. The van der Waals surface area contributed by atoms with E-state index in [-0.39, 0.29) is 0 Å². The van der Waals surface area contributed by atoms with Gasteiger partial charge in [-0.05, 0) is 0 Å². The van der Waals surface area contributed by atoms with Crippen molar-refractivity contribution >= 4 is 23.3 Å². The van der Waals surface area contributed by atoms with Crippen LogP contribution in [-0.4, -0.2) is 6.66 Å². The summed E-state index contributed by atoms with van der Waals surface area (Å²) >= 11 is 0. The summed E-state index contributed by atoms with van der Waals surface area (Å²) in [5.41, 5.74) is 2.58. The van der Waals surface area contributed by atoms with Crippen molar-refractivity contribution in [3.63, 3.8) is 0 Å². The first-order valence-corrected chi connectivity index (χ1v) is 11.5. The van der Waals surface area contributed by atoms with E-state index in [4.69, 9.17) is 0 Å². The van der Waals surface area contributed by atoms with E-state index in [1.165, 1.54) is 21.7 Å². The molecular formula is C24H23NP+. The molecular weight excluding hydrogens is 333 g/mol. The first kappa shape index (κ1) is 16.7. The Morgan fingerprint density at radius 2 is 1.00 bits per heavy atom. The summed E-state index contributed by atoms with van der Waals surface area (Å²) in [4.78, 5) is 0. The molecule has 0 saturated carbocycles. The molecule has 1 nitrogen and oxygen atoms in total. The molecule has 0 radical (unpaired) electrons. The van der Waals surface area contributed by atoms with Crippen molar-refractivity contribution in [1.82, 2.24) is 0 Å². The van der Waals surface area contributed by atoms with Crippen LogP contribution in [0, 0.1) is 0 Å². The summed E-state index contributed by atoms with van der Waals surface area (Å²) < 4.78 is 2.35. The van der Waals surface area contributed by atoms with E-state index >= 15 is 0 Å². The van der Waals surface area contributed by atoms with Gasteiger partial charge in [-0.25, -0.2) is 0 Å². The summed E-state index contributed by atoms with van der Waals surface area (Å²) in [5, 5.41) is 2.84. The Balaban J connectivity index is 2.01. The molecule has 0 spiro atoms. The van der Waals surface area contributed by atoms with E-state index in [9.17, 15) is 0 Å². The summed E-state index contributed by atoms with van der Waals surface area (Å²) in [6.07, 6.45) is 2.18. The second-order valence-corrected chi connectivity index (χ2v) is 10.6. The van der Waals surface area contributed by atoms with Gasteiger partial charge in [-0.15, -0.1) is 0 Å². The fourth-order valence-corrected chi connectivity index (χ4v) is 7.43. The van der Waals surface area contributed by atoms with Gasteiger partial charge in [0.1, 0.15) is 0 Å². The van der Waals surface area contributed by atoms with Crippen LogP contribution < -0.4 is 20.6 Å². The summed E-state index contributed by atoms with van der Waals surface area (Å²) in [7, 11) is -2.14. The Morgan fingerprint density at radius 3 is 1.54 bits per heavy atom. The Kier molecular flexibility index (Phi) is 4.65. The van der Waals surface area contributed by atoms with E-state index in [2.05, 4.69) is 127 Å². The van der Waals surface area contributed by atoms with Gasteiger partial charge in [-0.3, -0.25) is 0 Å². The Hall–Kier alpha value is -2.76. The van der Waals surface area contributed by atoms with Crippen LogP contribution >= 0.6 is 7.26 Å². The molecule has 4 aromatic rings. The van der Waals surface area contributed by atoms with Crippen molar-refractivity contribution in [3.05, 3.63) is 115 Å². The Morgan fingerprint density at radius 1 is 0.538 bits per heavy atom. The van der Waals surface area contributed by atoms with Crippen LogP contribution in [0.1, 0.15) is 0 Å². The third kappa shape index (κ3) is 2.96. The number of nitrogens with zero attached hydrogens (tertiary/aromatic N) is 1. The van der Waals surface area contributed by atoms with E-state index in [0.29, 0.717) is 0 Å². The zero-order valence-electron chi connectivity index (χ0n) is 14.9. The third-order valence-electron chi connectivity index (χ3n) is 5.11. The van der Waals surface area contributed by atoms with E-state index in [1.54, 1.807) is 0 Å². The number of rotatable bonds is 4. The van der Waals surface area contributed by atoms with E-state index < -0.39 is 7.26 Å². The molecule has 0 fully saturated rings. The van der Waals surface area contributed by atoms with Crippen LogP contribution in [0.4, 0.5) is 0 Å². The standard InChI is InChI=1S/C24H23NP/c1-26(22-15-7-3-8-16-22,23-17-9-4-10-18-23)24-19-11-12-20-25(24)21-13-5-2-6-14-21/h2-20,26H,1H3/q+1. The van der Waals surface area contributed by atoms with Crippen molar-refractivity contribution in [1.29, 1.82) is 0 Å². The summed E-state index contributed by atoms with van der Waals surface area (Å²) in [6.45, 7) is 2.45. The van der Waals surface area contributed by atoms with Gasteiger partial charge in [0.25, 0.3) is 0 Å².